The Morgan fingerprint density at radius 1 is 0.881 bits per heavy atom. The van der Waals surface area contributed by atoms with Crippen molar-refractivity contribution in [3.63, 3.8) is 0 Å². The summed E-state index contributed by atoms with van der Waals surface area (Å²) in [7, 11) is -3.61. The molecule has 1 heterocycles. The summed E-state index contributed by atoms with van der Waals surface area (Å²) in [6, 6.07) is 6.62. The molecule has 42 heavy (non-hydrogen) atoms. The van der Waals surface area contributed by atoms with Crippen LogP contribution < -0.4 is 16.4 Å². The van der Waals surface area contributed by atoms with Crippen LogP contribution in [0.15, 0.2) is 33.9 Å². The molecule has 0 aliphatic carbocycles. The molecule has 1 aromatic carbocycles. The van der Waals surface area contributed by atoms with Crippen molar-refractivity contribution in [2.45, 2.75) is 79.9 Å². The second kappa shape index (κ2) is 13.6. The average molecular weight is 608 g/mol. The van der Waals surface area contributed by atoms with Gasteiger partial charge in [0.2, 0.25) is 27.5 Å². The molecule has 0 spiro atoms. The number of nitrogens with two attached hydrogens (primary N) is 1. The number of aromatic nitrogens is 2. The van der Waals surface area contributed by atoms with E-state index < -0.39 is 25.9 Å². The molecule has 0 saturated heterocycles. The second-order valence-electron chi connectivity index (χ2n) is 14.0. The lowest BCUT2D eigenvalue weighted by molar-refractivity contribution is -0.133. The first kappa shape index (κ1) is 35.4. The van der Waals surface area contributed by atoms with Gasteiger partial charge in [0.1, 0.15) is 0 Å². The van der Waals surface area contributed by atoms with Crippen molar-refractivity contribution < 1.29 is 27.2 Å². The molecule has 12 heteroatoms. The number of anilines is 1. The van der Waals surface area contributed by atoms with Crippen LogP contribution in [0.4, 0.5) is 5.69 Å². The minimum Gasteiger partial charge on any atom is -0.408 e. The van der Waals surface area contributed by atoms with E-state index in [0.29, 0.717) is 44.0 Å². The molecule has 0 fully saturated rings. The van der Waals surface area contributed by atoms with Gasteiger partial charge in [-0.1, -0.05) is 60.5 Å². The van der Waals surface area contributed by atoms with Crippen LogP contribution >= 0.6 is 0 Å². The number of rotatable bonds is 16. The molecule has 2 aromatic rings. The van der Waals surface area contributed by atoms with E-state index in [1.807, 2.05) is 27.7 Å². The third-order valence-electron chi connectivity index (χ3n) is 7.12. The summed E-state index contributed by atoms with van der Waals surface area (Å²) >= 11 is 0. The SMILES string of the molecule is CC(C)(CCN)COCC(C)(C)CCNC(=O)C(C)(C)CC(C)(C)C(=O)Nc1ccc(-c2nnc(S(C)(=O)=O)o2)cc1. The third kappa shape index (κ3) is 10.8. The van der Waals surface area contributed by atoms with Crippen molar-refractivity contribution in [3.8, 4) is 11.5 Å². The maximum Gasteiger partial charge on any atom is 0.335 e. The van der Waals surface area contributed by atoms with E-state index in [-0.39, 0.29) is 28.5 Å². The fourth-order valence-electron chi connectivity index (χ4n) is 4.63. The summed E-state index contributed by atoms with van der Waals surface area (Å²) in [6.45, 7) is 18.2. The summed E-state index contributed by atoms with van der Waals surface area (Å²) in [5, 5.41) is 12.8. The average Bonchev–Trinajstić information content (AvgIpc) is 3.34. The van der Waals surface area contributed by atoms with Crippen molar-refractivity contribution in [1.29, 1.82) is 0 Å². The van der Waals surface area contributed by atoms with Crippen LogP contribution in [-0.2, 0) is 24.2 Å². The Hall–Kier alpha value is -2.83. The van der Waals surface area contributed by atoms with E-state index in [1.54, 1.807) is 24.3 Å². The van der Waals surface area contributed by atoms with Crippen LogP contribution in [0.3, 0.4) is 0 Å². The van der Waals surface area contributed by atoms with Crippen molar-refractivity contribution in [2.75, 3.05) is 37.9 Å². The molecule has 0 atom stereocenters. The number of benzene rings is 1. The summed E-state index contributed by atoms with van der Waals surface area (Å²) in [5.74, 6) is -0.283. The molecule has 0 saturated carbocycles. The van der Waals surface area contributed by atoms with Gasteiger partial charge < -0.3 is 25.5 Å². The normalized spacial score (nSPS) is 13.2. The quantitative estimate of drug-likeness (QED) is 0.250. The summed E-state index contributed by atoms with van der Waals surface area (Å²) in [4.78, 5) is 26.3. The van der Waals surface area contributed by atoms with Crippen LogP contribution in [0.5, 0.6) is 0 Å². The van der Waals surface area contributed by atoms with E-state index in [4.69, 9.17) is 14.9 Å². The van der Waals surface area contributed by atoms with E-state index in [0.717, 1.165) is 19.1 Å². The minimum atomic E-state index is -3.61. The predicted octanol–water partition coefficient (Wildman–Crippen LogP) is 4.45. The molecular weight excluding hydrogens is 558 g/mol. The second-order valence-corrected chi connectivity index (χ2v) is 15.9. The summed E-state index contributed by atoms with van der Waals surface area (Å²) in [5.41, 5.74) is 5.03. The van der Waals surface area contributed by atoms with E-state index in [1.165, 1.54) is 0 Å². The van der Waals surface area contributed by atoms with E-state index >= 15 is 0 Å². The molecule has 2 rings (SSSR count). The Morgan fingerprint density at radius 3 is 1.95 bits per heavy atom. The number of sulfone groups is 1. The first-order valence-corrected chi connectivity index (χ1v) is 16.1. The highest BCUT2D eigenvalue weighted by Crippen LogP contribution is 2.35. The number of hydrogen-bond donors (Lipinski definition) is 3. The van der Waals surface area contributed by atoms with Gasteiger partial charge in [0, 0.05) is 34.9 Å². The molecule has 2 amide bonds. The van der Waals surface area contributed by atoms with Crippen LogP contribution in [-0.4, -0.2) is 63.0 Å². The lowest BCUT2D eigenvalue weighted by atomic mass is 9.74. The first-order valence-electron chi connectivity index (χ1n) is 14.2. The molecule has 1 aromatic heterocycles. The highest BCUT2D eigenvalue weighted by molar-refractivity contribution is 7.90. The maximum atomic E-state index is 13.2. The molecule has 0 radical (unpaired) electrons. The smallest absolute Gasteiger partial charge is 0.335 e. The highest BCUT2D eigenvalue weighted by Gasteiger charge is 2.39. The van der Waals surface area contributed by atoms with Crippen molar-refractivity contribution in [1.82, 2.24) is 15.5 Å². The molecule has 0 bridgehead atoms. The number of hydrogen-bond acceptors (Lipinski definition) is 9. The van der Waals surface area contributed by atoms with Gasteiger partial charge in [0.05, 0.1) is 13.2 Å². The fourth-order valence-corrected chi connectivity index (χ4v) is 5.05. The van der Waals surface area contributed by atoms with Crippen molar-refractivity contribution in [2.24, 2.45) is 27.4 Å². The third-order valence-corrected chi connectivity index (χ3v) is 7.92. The van der Waals surface area contributed by atoms with Crippen molar-refractivity contribution >= 4 is 27.3 Å². The number of ether oxygens (including phenoxy) is 1. The lowest BCUT2D eigenvalue weighted by Gasteiger charge is -2.33. The Morgan fingerprint density at radius 2 is 1.43 bits per heavy atom. The van der Waals surface area contributed by atoms with Crippen LogP contribution in [0.2, 0.25) is 0 Å². The fraction of sp³-hybridized carbons (Fsp3) is 0.667. The number of nitrogens with one attached hydrogen (secondary N) is 2. The van der Waals surface area contributed by atoms with Gasteiger partial charge in [-0.3, -0.25) is 9.59 Å². The Balaban J connectivity index is 1.89. The molecule has 0 aliphatic rings. The zero-order chi connectivity index (χ0) is 32.0. The number of amides is 2. The molecule has 236 valence electrons. The minimum absolute atomic E-state index is 0.0346. The molecule has 11 nitrogen and oxygen atoms in total. The molecule has 0 aliphatic heterocycles. The number of nitrogens with zero attached hydrogens (tertiary/aromatic N) is 2. The molecule has 0 unspecified atom stereocenters. The zero-order valence-electron chi connectivity index (χ0n) is 26.6. The van der Waals surface area contributed by atoms with Gasteiger partial charge in [0.25, 0.3) is 0 Å². The van der Waals surface area contributed by atoms with Gasteiger partial charge in [-0.05, 0) is 60.9 Å². The van der Waals surface area contributed by atoms with Gasteiger partial charge in [-0.2, -0.15) is 0 Å². The monoisotopic (exact) mass is 607 g/mol. The Bertz CT molecular complexity index is 1310. The zero-order valence-corrected chi connectivity index (χ0v) is 27.4. The van der Waals surface area contributed by atoms with E-state index in [2.05, 4.69) is 48.5 Å². The Labute approximate surface area is 250 Å². The van der Waals surface area contributed by atoms with Gasteiger partial charge in [-0.25, -0.2) is 8.42 Å². The Kier molecular flexibility index (Phi) is 11.5. The van der Waals surface area contributed by atoms with Crippen molar-refractivity contribution in [3.05, 3.63) is 24.3 Å². The van der Waals surface area contributed by atoms with Crippen LogP contribution in [0.25, 0.3) is 11.5 Å². The molecular formula is C30H49N5O6S. The summed E-state index contributed by atoms with van der Waals surface area (Å²) < 4.78 is 34.4. The lowest BCUT2D eigenvalue weighted by Crippen LogP contribution is -2.44. The first-order chi connectivity index (χ1) is 19.2. The number of carbonyl (C=O) groups excluding carboxylic acids is 2. The highest BCUT2D eigenvalue weighted by atomic mass is 32.2. The van der Waals surface area contributed by atoms with Gasteiger partial charge >= 0.3 is 5.22 Å². The summed E-state index contributed by atoms with van der Waals surface area (Å²) in [6.07, 6.45) is 2.97. The van der Waals surface area contributed by atoms with Crippen LogP contribution in [0, 0.1) is 21.7 Å². The van der Waals surface area contributed by atoms with Gasteiger partial charge in [0.15, 0.2) is 0 Å². The van der Waals surface area contributed by atoms with Crippen LogP contribution in [0.1, 0.15) is 74.7 Å². The number of carbonyl (C=O) groups is 2. The topological polar surface area (TPSA) is 167 Å². The molecule has 4 N–H and O–H groups in total. The van der Waals surface area contributed by atoms with E-state index in [9.17, 15) is 18.0 Å². The largest absolute Gasteiger partial charge is 0.408 e. The van der Waals surface area contributed by atoms with Gasteiger partial charge in [-0.15, -0.1) is 5.10 Å². The predicted molar refractivity (Wildman–Crippen MR) is 163 cm³/mol. The standard InChI is InChI=1S/C30H49N5O6S/c1-27(2,14-16-31)19-40-20-28(3,4)15-17-32-24(36)29(5,6)18-30(7,8)25(37)33-22-12-10-21(11-13-22)23-34-35-26(41-23)42(9,38)39/h10-13H,14-20,31H2,1-9H3,(H,32,36)(H,33,37). The maximum absolute atomic E-state index is 13.2.